The maximum atomic E-state index is 13.9. The van der Waals surface area contributed by atoms with Gasteiger partial charge in [0, 0.05) is 22.9 Å². The average molecular weight is 519 g/mol. The lowest BCUT2D eigenvalue weighted by Gasteiger charge is -2.08. The van der Waals surface area contributed by atoms with Gasteiger partial charge < -0.3 is 14.5 Å². The van der Waals surface area contributed by atoms with Crippen LogP contribution in [0.3, 0.4) is 0 Å². The molecule has 5 rings (SSSR count). The van der Waals surface area contributed by atoms with Crippen molar-refractivity contribution in [1.29, 1.82) is 5.26 Å². The van der Waals surface area contributed by atoms with Gasteiger partial charge in [0.05, 0.1) is 24.2 Å². The molecule has 2 heterocycles. The minimum Gasteiger partial charge on any atom is -0.489 e. The van der Waals surface area contributed by atoms with Gasteiger partial charge in [-0.25, -0.2) is 9.07 Å². The van der Waals surface area contributed by atoms with E-state index in [4.69, 9.17) is 14.3 Å². The standard InChI is InChI=1S/C31H23FN4O3/c32-29-11-5-4-7-23(29)21-39-27-14-12-22(13-15-27)30-25(20-36(35-30)26-8-2-1-3-9-26)17-24(18-33)31(37)34-19-28-10-6-16-38-28/h1-17,20H,19,21H2,(H,34,37). The van der Waals surface area contributed by atoms with E-state index in [0.29, 0.717) is 28.3 Å². The summed E-state index contributed by atoms with van der Waals surface area (Å²) in [5, 5.41) is 17.2. The molecule has 0 radical (unpaired) electrons. The van der Waals surface area contributed by atoms with Gasteiger partial charge in [0.25, 0.3) is 5.91 Å². The lowest BCUT2D eigenvalue weighted by Crippen LogP contribution is -2.23. The molecule has 39 heavy (non-hydrogen) atoms. The van der Waals surface area contributed by atoms with Crippen LogP contribution in [0.1, 0.15) is 16.9 Å². The number of furan rings is 1. The van der Waals surface area contributed by atoms with E-state index in [9.17, 15) is 14.4 Å². The molecule has 5 aromatic rings. The molecule has 0 aliphatic carbocycles. The first kappa shape index (κ1) is 25.2. The van der Waals surface area contributed by atoms with Gasteiger partial charge in [-0.2, -0.15) is 10.4 Å². The van der Waals surface area contributed by atoms with Gasteiger partial charge in [0.2, 0.25) is 0 Å². The van der Waals surface area contributed by atoms with Crippen molar-refractivity contribution in [1.82, 2.24) is 15.1 Å². The molecule has 192 valence electrons. The number of carbonyl (C=O) groups is 1. The van der Waals surface area contributed by atoms with Crippen molar-refractivity contribution in [3.63, 3.8) is 0 Å². The molecule has 0 unspecified atom stereocenters. The Bertz CT molecular complexity index is 1630. The summed E-state index contributed by atoms with van der Waals surface area (Å²) in [4.78, 5) is 12.7. The van der Waals surface area contributed by atoms with E-state index in [2.05, 4.69) is 5.32 Å². The van der Waals surface area contributed by atoms with E-state index < -0.39 is 5.91 Å². The first-order chi connectivity index (χ1) is 19.1. The fourth-order valence-corrected chi connectivity index (χ4v) is 3.90. The van der Waals surface area contributed by atoms with E-state index in [0.717, 1.165) is 11.3 Å². The van der Waals surface area contributed by atoms with Crippen molar-refractivity contribution in [2.45, 2.75) is 13.2 Å². The van der Waals surface area contributed by atoms with E-state index in [1.807, 2.05) is 48.5 Å². The largest absolute Gasteiger partial charge is 0.489 e. The number of amides is 1. The summed E-state index contributed by atoms with van der Waals surface area (Å²) in [6, 6.07) is 28.6. The van der Waals surface area contributed by atoms with Gasteiger partial charge in [0.1, 0.15) is 35.6 Å². The van der Waals surface area contributed by atoms with Gasteiger partial charge in [-0.3, -0.25) is 4.79 Å². The summed E-state index contributed by atoms with van der Waals surface area (Å²) in [7, 11) is 0. The van der Waals surface area contributed by atoms with Crippen LogP contribution < -0.4 is 10.1 Å². The molecule has 0 saturated heterocycles. The maximum absolute atomic E-state index is 13.9. The Hall–Kier alpha value is -5.42. The molecule has 0 saturated carbocycles. The second-order valence-electron chi connectivity index (χ2n) is 8.55. The molecule has 0 aliphatic rings. The number of hydrogen-bond acceptors (Lipinski definition) is 5. The number of aromatic nitrogens is 2. The van der Waals surface area contributed by atoms with Crippen LogP contribution in [0.15, 0.2) is 113 Å². The Morgan fingerprint density at radius 1 is 1.03 bits per heavy atom. The smallest absolute Gasteiger partial charge is 0.262 e. The number of carbonyl (C=O) groups excluding carboxylic acids is 1. The van der Waals surface area contributed by atoms with Crippen LogP contribution in [0, 0.1) is 17.1 Å². The lowest BCUT2D eigenvalue weighted by atomic mass is 10.1. The highest BCUT2D eigenvalue weighted by atomic mass is 19.1. The van der Waals surface area contributed by atoms with Crippen molar-refractivity contribution in [3.8, 4) is 28.8 Å². The van der Waals surface area contributed by atoms with Crippen LogP contribution in [0.4, 0.5) is 4.39 Å². The van der Waals surface area contributed by atoms with Crippen LogP contribution >= 0.6 is 0 Å². The van der Waals surface area contributed by atoms with Crippen molar-refractivity contribution >= 4 is 12.0 Å². The molecule has 0 aliphatic heterocycles. The summed E-state index contributed by atoms with van der Waals surface area (Å²) in [5.74, 6) is 0.301. The zero-order valence-electron chi connectivity index (χ0n) is 20.8. The Morgan fingerprint density at radius 2 is 1.79 bits per heavy atom. The molecule has 3 aromatic carbocycles. The van der Waals surface area contributed by atoms with Crippen molar-refractivity contribution in [2.24, 2.45) is 0 Å². The molecule has 1 N–H and O–H groups in total. The lowest BCUT2D eigenvalue weighted by molar-refractivity contribution is -0.117. The van der Waals surface area contributed by atoms with E-state index in [-0.39, 0.29) is 24.5 Å². The molecule has 0 fully saturated rings. The van der Waals surface area contributed by atoms with Gasteiger partial charge in [-0.15, -0.1) is 0 Å². The van der Waals surface area contributed by atoms with Gasteiger partial charge in [-0.05, 0) is 60.7 Å². The summed E-state index contributed by atoms with van der Waals surface area (Å²) < 4.78 is 26.6. The second-order valence-corrected chi connectivity index (χ2v) is 8.55. The number of nitrogens with zero attached hydrogens (tertiary/aromatic N) is 3. The highest BCUT2D eigenvalue weighted by molar-refractivity contribution is 6.02. The van der Waals surface area contributed by atoms with Gasteiger partial charge in [-0.1, -0.05) is 36.4 Å². The number of ether oxygens (including phenoxy) is 1. The Labute approximate surface area is 224 Å². The van der Waals surface area contributed by atoms with E-state index in [1.165, 1.54) is 18.4 Å². The highest BCUT2D eigenvalue weighted by Crippen LogP contribution is 2.28. The van der Waals surface area contributed by atoms with Gasteiger partial charge >= 0.3 is 0 Å². The Balaban J connectivity index is 1.42. The minimum absolute atomic E-state index is 0.0692. The number of para-hydroxylation sites is 1. The quantitative estimate of drug-likeness (QED) is 0.189. The van der Waals surface area contributed by atoms with Crippen LogP contribution in [0.2, 0.25) is 0 Å². The minimum atomic E-state index is -0.524. The van der Waals surface area contributed by atoms with Crippen LogP contribution in [0.5, 0.6) is 5.75 Å². The summed E-state index contributed by atoms with van der Waals surface area (Å²) >= 11 is 0. The molecule has 8 heteroatoms. The predicted octanol–water partition coefficient (Wildman–Crippen LogP) is 6.07. The summed E-state index contributed by atoms with van der Waals surface area (Å²) in [5.41, 5.74) is 3.13. The van der Waals surface area contributed by atoms with Crippen LogP contribution in [-0.2, 0) is 17.9 Å². The molecule has 7 nitrogen and oxygen atoms in total. The normalized spacial score (nSPS) is 11.1. The number of hydrogen-bond donors (Lipinski definition) is 1. The van der Waals surface area contributed by atoms with E-state index in [1.54, 1.807) is 53.3 Å². The highest BCUT2D eigenvalue weighted by Gasteiger charge is 2.16. The third-order valence-electron chi connectivity index (χ3n) is 5.91. The molecule has 0 bridgehead atoms. The molecule has 0 atom stereocenters. The third kappa shape index (κ3) is 6.12. The predicted molar refractivity (Wildman–Crippen MR) is 144 cm³/mol. The first-order valence-corrected chi connectivity index (χ1v) is 12.1. The van der Waals surface area contributed by atoms with Crippen molar-refractivity contribution < 1.29 is 18.3 Å². The number of benzene rings is 3. The zero-order chi connectivity index (χ0) is 27.0. The summed E-state index contributed by atoms with van der Waals surface area (Å²) in [6.45, 7) is 0.261. The fourth-order valence-electron chi connectivity index (χ4n) is 3.90. The SMILES string of the molecule is N#CC(=Cc1cn(-c2ccccc2)nc1-c1ccc(OCc2ccccc2F)cc1)C(=O)NCc1ccco1. The molecular formula is C31H23FN4O3. The Morgan fingerprint density at radius 3 is 2.51 bits per heavy atom. The number of halogens is 1. The number of rotatable bonds is 9. The number of nitrogens with one attached hydrogen (secondary N) is 1. The van der Waals surface area contributed by atoms with Crippen molar-refractivity contribution in [2.75, 3.05) is 0 Å². The second kappa shape index (κ2) is 11.8. The molecule has 2 aromatic heterocycles. The van der Waals surface area contributed by atoms with Crippen LogP contribution in [-0.4, -0.2) is 15.7 Å². The summed E-state index contributed by atoms with van der Waals surface area (Å²) in [6.07, 6.45) is 4.80. The third-order valence-corrected chi connectivity index (χ3v) is 5.91. The molecule has 0 spiro atoms. The van der Waals surface area contributed by atoms with Gasteiger partial charge in [0.15, 0.2) is 0 Å². The zero-order valence-corrected chi connectivity index (χ0v) is 20.8. The topological polar surface area (TPSA) is 93.1 Å². The maximum Gasteiger partial charge on any atom is 0.262 e. The monoisotopic (exact) mass is 518 g/mol. The fraction of sp³-hybridized carbons (Fsp3) is 0.0645. The molecule has 1 amide bonds. The van der Waals surface area contributed by atoms with E-state index >= 15 is 0 Å². The van der Waals surface area contributed by atoms with Crippen LogP contribution in [0.25, 0.3) is 23.0 Å². The first-order valence-electron chi connectivity index (χ1n) is 12.1. The van der Waals surface area contributed by atoms with Crippen molar-refractivity contribution in [3.05, 3.63) is 132 Å². The molecular weight excluding hydrogens is 495 g/mol. The Kier molecular flexibility index (Phi) is 7.61. The average Bonchev–Trinajstić information content (AvgIpc) is 3.65. The number of nitriles is 1.